The molecular weight excluding hydrogens is 375 g/mol. The van der Waals surface area contributed by atoms with Gasteiger partial charge >= 0.3 is 6.18 Å². The molecule has 6 nitrogen and oxygen atoms in total. The molecule has 1 aromatic heterocycles. The number of carbonyl (C=O) groups is 2. The lowest BCUT2D eigenvalue weighted by Gasteiger charge is -2.17. The number of aromatic nitrogens is 1. The number of hydrogen-bond donors (Lipinski definition) is 2. The average Bonchev–Trinajstić information content (AvgIpc) is 3.49. The largest absolute Gasteiger partial charge is 0.468 e. The Morgan fingerprint density at radius 3 is 2.43 bits per heavy atom. The zero-order chi connectivity index (χ0) is 20.3. The molecule has 0 radical (unpaired) electrons. The number of nitrogens with zero attached hydrogens (tertiary/aromatic N) is 1. The van der Waals surface area contributed by atoms with Crippen LogP contribution >= 0.6 is 0 Å². The van der Waals surface area contributed by atoms with E-state index in [2.05, 4.69) is 10.3 Å². The van der Waals surface area contributed by atoms with Crippen LogP contribution in [0.4, 0.5) is 13.2 Å². The van der Waals surface area contributed by atoms with Gasteiger partial charge in [-0.3, -0.25) is 9.59 Å². The van der Waals surface area contributed by atoms with Crippen molar-refractivity contribution >= 4 is 11.8 Å². The lowest BCUT2D eigenvalue weighted by molar-refractivity contribution is -0.154. The van der Waals surface area contributed by atoms with Crippen LogP contribution in [0.2, 0.25) is 0 Å². The summed E-state index contributed by atoms with van der Waals surface area (Å²) in [6.07, 6.45) is -2.87. The highest BCUT2D eigenvalue weighted by molar-refractivity contribution is 5.96. The molecule has 9 heteroatoms. The van der Waals surface area contributed by atoms with Crippen molar-refractivity contribution in [2.24, 2.45) is 5.73 Å². The molecule has 0 bridgehead atoms. The summed E-state index contributed by atoms with van der Waals surface area (Å²) in [5.74, 6) is -1.66. The van der Waals surface area contributed by atoms with Crippen LogP contribution in [-0.2, 0) is 4.79 Å². The Balaban J connectivity index is 1.81. The Morgan fingerprint density at radius 2 is 1.86 bits per heavy atom. The van der Waals surface area contributed by atoms with E-state index < -0.39 is 30.6 Å². The van der Waals surface area contributed by atoms with Crippen molar-refractivity contribution in [1.82, 2.24) is 10.3 Å². The van der Waals surface area contributed by atoms with Gasteiger partial charge in [0.1, 0.15) is 11.7 Å². The SMILES string of the molecule is NC(=O)C(NC(=O)c1ccc(C2CC2)c(OCC(F)(F)F)n1)c1ccccc1. The van der Waals surface area contributed by atoms with Crippen LogP contribution in [0.25, 0.3) is 0 Å². The maximum atomic E-state index is 12.5. The second-order valence-electron chi connectivity index (χ2n) is 6.49. The number of benzene rings is 1. The van der Waals surface area contributed by atoms with E-state index >= 15 is 0 Å². The molecule has 1 aromatic carbocycles. The molecule has 1 aliphatic carbocycles. The number of alkyl halides is 3. The Bertz CT molecular complexity index is 868. The molecular formula is C19H18F3N3O3. The molecule has 1 saturated carbocycles. The molecule has 3 N–H and O–H groups in total. The number of carbonyl (C=O) groups excluding carboxylic acids is 2. The molecule has 0 spiro atoms. The van der Waals surface area contributed by atoms with E-state index in [1.807, 2.05) is 0 Å². The number of hydrogen-bond acceptors (Lipinski definition) is 4. The molecule has 2 amide bonds. The van der Waals surface area contributed by atoms with E-state index in [0.29, 0.717) is 11.1 Å². The average molecular weight is 393 g/mol. The van der Waals surface area contributed by atoms with E-state index in [1.54, 1.807) is 30.3 Å². The zero-order valence-electron chi connectivity index (χ0n) is 14.7. The Kier molecular flexibility index (Phi) is 5.53. The van der Waals surface area contributed by atoms with Gasteiger partial charge in [0, 0.05) is 5.56 Å². The van der Waals surface area contributed by atoms with Crippen molar-refractivity contribution in [2.75, 3.05) is 6.61 Å². The fourth-order valence-corrected chi connectivity index (χ4v) is 2.72. The Hall–Kier alpha value is -3.10. The monoisotopic (exact) mass is 393 g/mol. The van der Waals surface area contributed by atoms with Gasteiger partial charge in [0.25, 0.3) is 5.91 Å². The van der Waals surface area contributed by atoms with Crippen LogP contribution < -0.4 is 15.8 Å². The van der Waals surface area contributed by atoms with Gasteiger partial charge in [0.2, 0.25) is 11.8 Å². The van der Waals surface area contributed by atoms with Gasteiger partial charge in [-0.15, -0.1) is 0 Å². The Morgan fingerprint density at radius 1 is 1.18 bits per heavy atom. The summed E-state index contributed by atoms with van der Waals surface area (Å²) >= 11 is 0. The second kappa shape index (κ2) is 7.87. The minimum absolute atomic E-state index is 0.0792. The summed E-state index contributed by atoms with van der Waals surface area (Å²) in [6, 6.07) is 10.2. The predicted molar refractivity (Wildman–Crippen MR) is 93.6 cm³/mol. The van der Waals surface area contributed by atoms with Crippen molar-refractivity contribution in [2.45, 2.75) is 31.0 Å². The Labute approximate surface area is 158 Å². The number of halogens is 3. The smallest absolute Gasteiger partial charge is 0.422 e. The molecule has 1 atom stereocenters. The van der Waals surface area contributed by atoms with E-state index in [9.17, 15) is 22.8 Å². The number of ether oxygens (including phenoxy) is 1. The van der Waals surface area contributed by atoms with E-state index in [0.717, 1.165) is 12.8 Å². The van der Waals surface area contributed by atoms with E-state index in [-0.39, 0.29) is 17.5 Å². The van der Waals surface area contributed by atoms with Crippen LogP contribution in [-0.4, -0.2) is 29.6 Å². The minimum atomic E-state index is -4.52. The van der Waals surface area contributed by atoms with Crippen LogP contribution in [0, 0.1) is 0 Å². The first-order chi connectivity index (χ1) is 13.2. The summed E-state index contributed by atoms with van der Waals surface area (Å²) in [7, 11) is 0. The first-order valence-electron chi connectivity index (χ1n) is 8.60. The normalized spacial score (nSPS) is 15.0. The fourth-order valence-electron chi connectivity index (χ4n) is 2.72. The highest BCUT2D eigenvalue weighted by atomic mass is 19.4. The van der Waals surface area contributed by atoms with Gasteiger partial charge in [-0.25, -0.2) is 4.98 Å². The van der Waals surface area contributed by atoms with Crippen LogP contribution in [0.5, 0.6) is 5.88 Å². The predicted octanol–water partition coefficient (Wildman–Crippen LogP) is 2.86. The van der Waals surface area contributed by atoms with Gasteiger partial charge in [-0.05, 0) is 30.4 Å². The van der Waals surface area contributed by atoms with Crippen molar-refractivity contribution < 1.29 is 27.5 Å². The van der Waals surface area contributed by atoms with Crippen molar-refractivity contribution in [1.29, 1.82) is 0 Å². The molecule has 1 unspecified atom stereocenters. The molecule has 0 saturated heterocycles. The minimum Gasteiger partial charge on any atom is -0.468 e. The topological polar surface area (TPSA) is 94.3 Å². The standard InChI is InChI=1S/C19H18F3N3O3/c20-19(21,22)10-28-18-13(11-6-7-11)8-9-14(24-18)17(27)25-15(16(23)26)12-4-2-1-3-5-12/h1-5,8-9,11,15H,6-7,10H2,(H2,23,26)(H,25,27). The molecule has 1 aliphatic rings. The maximum Gasteiger partial charge on any atom is 0.422 e. The first kappa shape index (κ1) is 19.7. The first-order valence-corrected chi connectivity index (χ1v) is 8.60. The number of primary amides is 1. The van der Waals surface area contributed by atoms with Crippen molar-refractivity contribution in [3.05, 3.63) is 59.3 Å². The summed E-state index contributed by atoms with van der Waals surface area (Å²) < 4.78 is 42.4. The number of amides is 2. The molecule has 3 rings (SSSR count). The van der Waals surface area contributed by atoms with Crippen LogP contribution in [0.3, 0.4) is 0 Å². The second-order valence-corrected chi connectivity index (χ2v) is 6.49. The molecule has 0 aliphatic heterocycles. The highest BCUT2D eigenvalue weighted by Crippen LogP contribution is 2.43. The third-order valence-electron chi connectivity index (χ3n) is 4.20. The summed E-state index contributed by atoms with van der Waals surface area (Å²) in [5, 5.41) is 2.46. The molecule has 28 heavy (non-hydrogen) atoms. The lowest BCUT2D eigenvalue weighted by atomic mass is 10.1. The molecule has 2 aromatic rings. The number of nitrogens with one attached hydrogen (secondary N) is 1. The molecule has 1 fully saturated rings. The van der Waals surface area contributed by atoms with E-state index in [1.165, 1.54) is 12.1 Å². The molecule has 1 heterocycles. The van der Waals surface area contributed by atoms with Gasteiger partial charge in [-0.2, -0.15) is 13.2 Å². The van der Waals surface area contributed by atoms with Crippen molar-refractivity contribution in [3.63, 3.8) is 0 Å². The highest BCUT2D eigenvalue weighted by Gasteiger charge is 2.33. The lowest BCUT2D eigenvalue weighted by Crippen LogP contribution is -2.37. The molecule has 148 valence electrons. The van der Waals surface area contributed by atoms with Gasteiger partial charge < -0.3 is 15.8 Å². The number of rotatable bonds is 7. The summed E-state index contributed by atoms with van der Waals surface area (Å²) in [4.78, 5) is 28.2. The third-order valence-corrected chi connectivity index (χ3v) is 4.20. The van der Waals surface area contributed by atoms with Crippen LogP contribution in [0.1, 0.15) is 46.4 Å². The van der Waals surface area contributed by atoms with Gasteiger partial charge in [0.05, 0.1) is 0 Å². The quantitative estimate of drug-likeness (QED) is 0.756. The third kappa shape index (κ3) is 4.99. The zero-order valence-corrected chi connectivity index (χ0v) is 14.7. The van der Waals surface area contributed by atoms with E-state index in [4.69, 9.17) is 10.5 Å². The maximum absolute atomic E-state index is 12.5. The van der Waals surface area contributed by atoms with Gasteiger partial charge in [-0.1, -0.05) is 36.4 Å². The van der Waals surface area contributed by atoms with Gasteiger partial charge in [0.15, 0.2) is 6.61 Å². The fraction of sp³-hybridized carbons (Fsp3) is 0.316. The summed E-state index contributed by atoms with van der Waals surface area (Å²) in [5.41, 5.74) is 6.22. The number of nitrogens with two attached hydrogens (primary N) is 1. The number of pyridine rings is 1. The summed E-state index contributed by atoms with van der Waals surface area (Å²) in [6.45, 7) is -1.50. The van der Waals surface area contributed by atoms with Crippen LogP contribution in [0.15, 0.2) is 42.5 Å². The van der Waals surface area contributed by atoms with Crippen molar-refractivity contribution in [3.8, 4) is 5.88 Å².